The first-order chi connectivity index (χ1) is 16.0. The van der Waals surface area contributed by atoms with Gasteiger partial charge in [-0.2, -0.15) is 5.10 Å². The summed E-state index contributed by atoms with van der Waals surface area (Å²) in [6, 6.07) is 3.06. The van der Waals surface area contributed by atoms with Crippen molar-refractivity contribution in [2.75, 3.05) is 7.11 Å². The Morgan fingerprint density at radius 3 is 2.73 bits per heavy atom. The quantitative estimate of drug-likeness (QED) is 0.621. The number of hydrazone groups is 1. The van der Waals surface area contributed by atoms with Crippen LogP contribution in [0.2, 0.25) is 0 Å². The molecule has 0 aromatic carbocycles. The second-order valence-electron chi connectivity index (χ2n) is 8.10. The number of halogens is 2. The van der Waals surface area contributed by atoms with Gasteiger partial charge in [0.25, 0.3) is 12.3 Å². The van der Waals surface area contributed by atoms with E-state index in [4.69, 9.17) is 4.74 Å². The standard InChI is InChI=1S/C23H21F2N5O2S/c1-32-19-11-27-18(21(24)25)9-15(19)14-8-17(13-5-6-13)26-10-16(14)22(31)28-23-30-29-20(33-23)7-4-12-2-3-12/h8-13,21,23,30H,2-3,5-6H2,1H3,(H,28,31). The first-order valence-corrected chi connectivity index (χ1v) is 11.5. The molecule has 2 aromatic heterocycles. The van der Waals surface area contributed by atoms with E-state index in [0.717, 1.165) is 31.4 Å². The summed E-state index contributed by atoms with van der Waals surface area (Å²) >= 11 is 1.32. The maximum atomic E-state index is 13.4. The van der Waals surface area contributed by atoms with Gasteiger partial charge in [0, 0.05) is 34.9 Å². The van der Waals surface area contributed by atoms with Gasteiger partial charge in [-0.05, 0) is 55.5 Å². The van der Waals surface area contributed by atoms with Gasteiger partial charge in [0.15, 0.2) is 10.5 Å². The second-order valence-corrected chi connectivity index (χ2v) is 9.19. The summed E-state index contributed by atoms with van der Waals surface area (Å²) in [4.78, 5) is 21.4. The minimum atomic E-state index is -2.75. The smallest absolute Gasteiger partial charge is 0.280 e. The number of carbonyl (C=O) groups is 1. The molecular formula is C23H21F2N5O2S. The zero-order valence-corrected chi connectivity index (χ0v) is 18.6. The topological polar surface area (TPSA) is 88.5 Å². The molecule has 3 heterocycles. The van der Waals surface area contributed by atoms with Gasteiger partial charge in [-0.25, -0.2) is 8.78 Å². The highest BCUT2D eigenvalue weighted by Gasteiger charge is 2.29. The zero-order chi connectivity index (χ0) is 22.9. The maximum Gasteiger partial charge on any atom is 0.280 e. The third-order valence-corrected chi connectivity index (χ3v) is 6.40. The molecule has 1 atom stereocenters. The van der Waals surface area contributed by atoms with E-state index >= 15 is 0 Å². The molecule has 33 heavy (non-hydrogen) atoms. The van der Waals surface area contributed by atoms with Crippen LogP contribution in [0, 0.1) is 17.8 Å². The van der Waals surface area contributed by atoms with E-state index in [1.807, 2.05) is 0 Å². The summed E-state index contributed by atoms with van der Waals surface area (Å²) in [5.74, 6) is 6.83. The number of nitrogens with one attached hydrogen (secondary N) is 2. The molecule has 2 aliphatic carbocycles. The summed E-state index contributed by atoms with van der Waals surface area (Å²) in [7, 11) is 1.44. The van der Waals surface area contributed by atoms with Gasteiger partial charge in [0.05, 0.1) is 18.9 Å². The van der Waals surface area contributed by atoms with Crippen LogP contribution >= 0.6 is 11.8 Å². The van der Waals surface area contributed by atoms with E-state index in [0.29, 0.717) is 33.8 Å². The lowest BCUT2D eigenvalue weighted by Gasteiger charge is -2.17. The fourth-order valence-corrected chi connectivity index (χ4v) is 4.14. The molecule has 0 spiro atoms. The van der Waals surface area contributed by atoms with Crippen LogP contribution < -0.4 is 15.5 Å². The highest BCUT2D eigenvalue weighted by molar-refractivity contribution is 8.15. The van der Waals surface area contributed by atoms with Crippen LogP contribution in [0.5, 0.6) is 5.75 Å². The molecule has 2 N–H and O–H groups in total. The lowest BCUT2D eigenvalue weighted by atomic mass is 9.98. The van der Waals surface area contributed by atoms with Gasteiger partial charge in [0.1, 0.15) is 11.4 Å². The molecular weight excluding hydrogens is 448 g/mol. The number of hydrogen-bond acceptors (Lipinski definition) is 7. The molecule has 2 saturated carbocycles. The van der Waals surface area contributed by atoms with Crippen molar-refractivity contribution in [2.24, 2.45) is 11.0 Å². The fraction of sp³-hybridized carbons (Fsp3) is 0.391. The summed E-state index contributed by atoms with van der Waals surface area (Å²) < 4.78 is 32.1. The van der Waals surface area contributed by atoms with Crippen LogP contribution in [0.3, 0.4) is 0 Å². The van der Waals surface area contributed by atoms with Gasteiger partial charge in [-0.1, -0.05) is 5.92 Å². The third-order valence-electron chi connectivity index (χ3n) is 5.52. The first kappa shape index (κ1) is 21.6. The maximum absolute atomic E-state index is 13.4. The van der Waals surface area contributed by atoms with Crippen LogP contribution in [0.4, 0.5) is 8.78 Å². The van der Waals surface area contributed by atoms with Gasteiger partial charge in [0.2, 0.25) is 0 Å². The molecule has 7 nitrogen and oxygen atoms in total. The van der Waals surface area contributed by atoms with Crippen molar-refractivity contribution in [3.63, 3.8) is 0 Å². The zero-order valence-electron chi connectivity index (χ0n) is 17.8. The van der Waals surface area contributed by atoms with Crippen LogP contribution in [-0.2, 0) is 0 Å². The Kier molecular flexibility index (Phi) is 5.89. The minimum absolute atomic E-state index is 0.254. The number of amides is 1. The van der Waals surface area contributed by atoms with E-state index in [1.165, 1.54) is 37.3 Å². The summed E-state index contributed by atoms with van der Waals surface area (Å²) in [5.41, 5.74) is 3.91. The number of hydrogen-bond donors (Lipinski definition) is 2. The molecule has 2 aromatic rings. The van der Waals surface area contributed by atoms with Gasteiger partial charge in [-0.15, -0.1) is 0 Å². The lowest BCUT2D eigenvalue weighted by molar-refractivity contribution is 0.0946. The van der Waals surface area contributed by atoms with Crippen molar-refractivity contribution in [2.45, 2.75) is 43.5 Å². The number of pyridine rings is 2. The Balaban J connectivity index is 1.43. The Hall–Kier alpha value is -3.19. The number of nitrogens with zero attached hydrogens (tertiary/aromatic N) is 3. The SMILES string of the molecule is COc1cnc(C(F)F)cc1-c1cc(C2CC2)ncc1C(=O)NC1NN=C(C#CC2CC2)S1. The highest BCUT2D eigenvalue weighted by atomic mass is 32.2. The van der Waals surface area contributed by atoms with Crippen molar-refractivity contribution >= 4 is 22.7 Å². The predicted octanol–water partition coefficient (Wildman–Crippen LogP) is 4.04. The number of ether oxygens (including phenoxy) is 1. The minimum Gasteiger partial charge on any atom is -0.494 e. The molecule has 0 saturated heterocycles. The second kappa shape index (κ2) is 8.98. The van der Waals surface area contributed by atoms with Gasteiger partial charge >= 0.3 is 0 Å². The van der Waals surface area contributed by atoms with Crippen LogP contribution in [0.15, 0.2) is 29.6 Å². The molecule has 0 bridgehead atoms. The summed E-state index contributed by atoms with van der Waals surface area (Å²) in [6.45, 7) is 0. The molecule has 1 amide bonds. The van der Waals surface area contributed by atoms with Crippen LogP contribution in [0.1, 0.15) is 59.8 Å². The van der Waals surface area contributed by atoms with Gasteiger partial charge < -0.3 is 10.1 Å². The normalized spacial score (nSPS) is 19.4. The number of thioether (sulfide) groups is 1. The Morgan fingerprint density at radius 2 is 2.03 bits per heavy atom. The van der Waals surface area contributed by atoms with Crippen molar-refractivity contribution < 1.29 is 18.3 Å². The molecule has 1 aliphatic heterocycles. The van der Waals surface area contributed by atoms with Gasteiger partial charge in [-0.3, -0.25) is 20.2 Å². The average Bonchev–Trinajstić information content (AvgIpc) is 3.76. The number of carbonyl (C=O) groups excluding carboxylic acids is 1. The molecule has 10 heteroatoms. The molecule has 170 valence electrons. The van der Waals surface area contributed by atoms with E-state index in [1.54, 1.807) is 6.07 Å². The largest absolute Gasteiger partial charge is 0.494 e. The Morgan fingerprint density at radius 1 is 1.21 bits per heavy atom. The van der Waals surface area contributed by atoms with E-state index in [-0.39, 0.29) is 11.3 Å². The monoisotopic (exact) mass is 469 g/mol. The van der Waals surface area contributed by atoms with Crippen LogP contribution in [0.25, 0.3) is 11.1 Å². The van der Waals surface area contributed by atoms with Crippen molar-refractivity contribution in [3.05, 3.63) is 41.5 Å². The lowest BCUT2D eigenvalue weighted by Crippen LogP contribution is -2.38. The molecule has 0 radical (unpaired) electrons. The van der Waals surface area contributed by atoms with E-state index in [9.17, 15) is 13.6 Å². The van der Waals surface area contributed by atoms with Crippen molar-refractivity contribution in [1.82, 2.24) is 20.7 Å². The summed E-state index contributed by atoms with van der Waals surface area (Å²) in [5, 5.41) is 7.64. The Labute approximate surface area is 193 Å². The molecule has 2 fully saturated rings. The highest BCUT2D eigenvalue weighted by Crippen LogP contribution is 2.42. The Bertz CT molecular complexity index is 1190. The molecule has 3 aliphatic rings. The number of methoxy groups -OCH3 is 1. The molecule has 5 rings (SSSR count). The number of alkyl halides is 2. The van der Waals surface area contributed by atoms with E-state index in [2.05, 4.69) is 37.7 Å². The predicted molar refractivity (Wildman–Crippen MR) is 121 cm³/mol. The van der Waals surface area contributed by atoms with Crippen molar-refractivity contribution in [3.8, 4) is 28.7 Å². The summed E-state index contributed by atoms with van der Waals surface area (Å²) in [6.07, 6.45) is 4.27. The average molecular weight is 470 g/mol. The van der Waals surface area contributed by atoms with Crippen molar-refractivity contribution in [1.29, 1.82) is 0 Å². The third kappa shape index (κ3) is 4.93. The number of aromatic nitrogens is 2. The van der Waals surface area contributed by atoms with Crippen LogP contribution in [-0.4, -0.2) is 33.5 Å². The number of rotatable bonds is 6. The van der Waals surface area contributed by atoms with E-state index < -0.39 is 17.8 Å². The first-order valence-electron chi connectivity index (χ1n) is 10.7. The molecule has 1 unspecified atom stereocenters. The fourth-order valence-electron chi connectivity index (χ4n) is 3.42.